The largest absolute Gasteiger partial charge is 0.481 e. The van der Waals surface area contributed by atoms with Crippen LogP contribution in [0.5, 0.6) is 0 Å². The Hall–Kier alpha value is -1.96. The summed E-state index contributed by atoms with van der Waals surface area (Å²) >= 11 is 0. The van der Waals surface area contributed by atoms with Gasteiger partial charge in [0.2, 0.25) is 5.62 Å². The maximum absolute atomic E-state index is 12.4. The van der Waals surface area contributed by atoms with Gasteiger partial charge in [-0.15, -0.1) is 0 Å². The van der Waals surface area contributed by atoms with E-state index >= 15 is 0 Å². The van der Waals surface area contributed by atoms with Gasteiger partial charge in [0.25, 0.3) is 5.56 Å². The average Bonchev–Trinajstić information content (AvgIpc) is 2.95. The molecule has 1 fully saturated rings. The summed E-state index contributed by atoms with van der Waals surface area (Å²) in [4.78, 5) is 39.4. The second kappa shape index (κ2) is 10.2. The SMILES string of the molecule is Cc1cccc(CCn2c(=O)ccn([C@@H]3NC(C)(COP(=O)(O)OP(=O)(O)O)C(O)C3O)c2=N)c1. The summed E-state index contributed by atoms with van der Waals surface area (Å²) in [6.07, 6.45) is -2.54. The third-order valence-corrected chi connectivity index (χ3v) is 7.80. The molecule has 1 saturated heterocycles. The van der Waals surface area contributed by atoms with Crippen molar-refractivity contribution in [3.05, 3.63) is 63.6 Å². The summed E-state index contributed by atoms with van der Waals surface area (Å²) in [6, 6.07) is 8.90. The molecule has 2 heterocycles. The number of nitrogens with zero attached hydrogens (tertiary/aromatic N) is 2. The van der Waals surface area contributed by atoms with Gasteiger partial charge in [-0.25, -0.2) is 9.13 Å². The molecule has 1 aromatic carbocycles. The van der Waals surface area contributed by atoms with Gasteiger partial charge in [0.1, 0.15) is 18.4 Å². The van der Waals surface area contributed by atoms with Crippen molar-refractivity contribution in [3.8, 4) is 0 Å². The van der Waals surface area contributed by atoms with Crippen LogP contribution in [0.3, 0.4) is 0 Å². The number of benzene rings is 1. The second-order valence-electron chi connectivity index (χ2n) is 8.53. The van der Waals surface area contributed by atoms with Gasteiger partial charge in [-0.05, 0) is 25.8 Å². The van der Waals surface area contributed by atoms with E-state index in [0.717, 1.165) is 11.1 Å². The van der Waals surface area contributed by atoms with E-state index in [-0.39, 0.29) is 12.2 Å². The molecule has 0 radical (unpaired) electrons. The number of aromatic nitrogens is 2. The Morgan fingerprint density at radius 2 is 1.89 bits per heavy atom. The lowest BCUT2D eigenvalue weighted by Crippen LogP contribution is -2.51. The van der Waals surface area contributed by atoms with Crippen molar-refractivity contribution in [1.29, 1.82) is 5.41 Å². The third-order valence-electron chi connectivity index (χ3n) is 5.66. The predicted molar refractivity (Wildman–Crippen MR) is 121 cm³/mol. The zero-order valence-corrected chi connectivity index (χ0v) is 20.7. The molecule has 0 aliphatic carbocycles. The van der Waals surface area contributed by atoms with Crippen molar-refractivity contribution in [2.75, 3.05) is 6.61 Å². The van der Waals surface area contributed by atoms with E-state index in [1.807, 2.05) is 31.2 Å². The first-order valence-corrected chi connectivity index (χ1v) is 13.4. The van der Waals surface area contributed by atoms with E-state index in [4.69, 9.17) is 15.2 Å². The minimum atomic E-state index is -5.34. The molecule has 35 heavy (non-hydrogen) atoms. The van der Waals surface area contributed by atoms with Gasteiger partial charge in [-0.3, -0.25) is 29.2 Å². The Morgan fingerprint density at radius 3 is 2.51 bits per heavy atom. The average molecular weight is 534 g/mol. The van der Waals surface area contributed by atoms with E-state index in [0.29, 0.717) is 6.42 Å². The first-order valence-electron chi connectivity index (χ1n) is 10.4. The summed E-state index contributed by atoms with van der Waals surface area (Å²) in [5, 5.41) is 32.5. The van der Waals surface area contributed by atoms with Crippen LogP contribution in [-0.4, -0.2) is 58.4 Å². The minimum absolute atomic E-state index is 0.182. The van der Waals surface area contributed by atoms with Crippen LogP contribution in [0.15, 0.2) is 41.3 Å². The molecule has 0 amide bonds. The van der Waals surface area contributed by atoms with Gasteiger partial charge in [0.05, 0.1) is 12.1 Å². The van der Waals surface area contributed by atoms with Crippen LogP contribution in [0.4, 0.5) is 0 Å². The topological polar surface area (TPSA) is 217 Å². The summed E-state index contributed by atoms with van der Waals surface area (Å²) in [5.74, 6) is 0. The quantitative estimate of drug-likeness (QED) is 0.203. The molecular weight excluding hydrogens is 506 g/mol. The molecular formula is C19H28N4O10P2. The molecule has 4 unspecified atom stereocenters. The van der Waals surface area contributed by atoms with E-state index in [1.54, 1.807) is 0 Å². The molecule has 1 aliphatic heterocycles. The number of phosphoric ester groups is 1. The molecule has 7 N–H and O–H groups in total. The zero-order valence-electron chi connectivity index (χ0n) is 18.9. The fourth-order valence-corrected chi connectivity index (χ4v) is 5.59. The number of phosphoric acid groups is 2. The molecule has 14 nitrogen and oxygen atoms in total. The number of hydrogen-bond donors (Lipinski definition) is 7. The van der Waals surface area contributed by atoms with Gasteiger partial charge in [0, 0.05) is 18.8 Å². The third kappa shape index (κ3) is 6.63. The van der Waals surface area contributed by atoms with Gasteiger partial charge in [0.15, 0.2) is 0 Å². The van der Waals surface area contributed by atoms with Crippen LogP contribution in [0.1, 0.15) is 24.2 Å². The molecule has 5 atom stereocenters. The van der Waals surface area contributed by atoms with Crippen LogP contribution in [0, 0.1) is 12.3 Å². The van der Waals surface area contributed by atoms with Crippen LogP contribution in [0.2, 0.25) is 0 Å². The van der Waals surface area contributed by atoms with Gasteiger partial charge in [-0.1, -0.05) is 29.8 Å². The van der Waals surface area contributed by atoms with Gasteiger partial charge in [-0.2, -0.15) is 4.31 Å². The second-order valence-corrected chi connectivity index (χ2v) is 11.4. The number of aliphatic hydroxyl groups is 2. The number of nitrogens with one attached hydrogen (secondary N) is 2. The van der Waals surface area contributed by atoms with E-state index in [1.165, 1.54) is 28.3 Å². The van der Waals surface area contributed by atoms with Gasteiger partial charge >= 0.3 is 15.6 Å². The number of aliphatic hydroxyl groups excluding tert-OH is 2. The maximum Gasteiger partial charge on any atom is 0.481 e. The number of aryl methyl sites for hydroxylation is 2. The molecule has 1 aromatic heterocycles. The van der Waals surface area contributed by atoms with E-state index in [2.05, 4.69) is 14.2 Å². The molecule has 0 spiro atoms. The Labute approximate surface area is 199 Å². The molecule has 1 aliphatic rings. The Kier molecular flexibility index (Phi) is 8.04. The van der Waals surface area contributed by atoms with Crippen molar-refractivity contribution < 1.29 is 42.9 Å². The van der Waals surface area contributed by atoms with Crippen LogP contribution < -0.4 is 16.5 Å². The molecule has 194 valence electrons. The van der Waals surface area contributed by atoms with Crippen molar-refractivity contribution >= 4 is 15.6 Å². The standard InChI is InChI=1S/C19H28N4O10P2/c1-12-4-3-5-13(10-12)6-8-22-14(24)7-9-23(18(22)20)17-15(25)16(26)19(2,21-17)11-32-35(30,31)33-34(27,28)29/h3-5,7,9-10,15-17,20-21,25-26H,6,8,11H2,1-2H3,(H,30,31)(H2,27,28,29)/t15?,16?,17-,19?/m0/s1. The molecule has 3 rings (SSSR count). The van der Waals surface area contributed by atoms with E-state index in [9.17, 15) is 29.0 Å². The number of hydrogen-bond acceptors (Lipinski definition) is 9. The lowest BCUT2D eigenvalue weighted by Gasteiger charge is -2.29. The highest BCUT2D eigenvalue weighted by Crippen LogP contribution is 2.58. The first-order chi connectivity index (χ1) is 16.1. The monoisotopic (exact) mass is 534 g/mol. The lowest BCUT2D eigenvalue weighted by atomic mass is 9.97. The van der Waals surface area contributed by atoms with E-state index < -0.39 is 51.7 Å². The lowest BCUT2D eigenvalue weighted by molar-refractivity contribution is -0.0123. The molecule has 0 bridgehead atoms. The van der Waals surface area contributed by atoms with Crippen molar-refractivity contribution in [2.24, 2.45) is 0 Å². The Bertz CT molecular complexity index is 1290. The smallest absolute Gasteiger partial charge is 0.388 e. The van der Waals surface area contributed by atoms with Crippen molar-refractivity contribution in [1.82, 2.24) is 14.5 Å². The molecule has 2 aromatic rings. The Balaban J connectivity index is 1.81. The first kappa shape index (κ1) is 27.6. The zero-order chi connectivity index (χ0) is 26.2. The van der Waals surface area contributed by atoms with Crippen molar-refractivity contribution in [3.63, 3.8) is 0 Å². The predicted octanol–water partition coefficient (Wildman–Crippen LogP) is -0.511. The number of rotatable bonds is 9. The molecule has 0 saturated carbocycles. The maximum atomic E-state index is 12.4. The van der Waals surface area contributed by atoms with Gasteiger partial charge < -0.3 is 24.9 Å². The molecule has 16 heteroatoms. The normalized spacial score (nSPS) is 26.5. The van der Waals surface area contributed by atoms with Crippen molar-refractivity contribution in [2.45, 2.75) is 50.7 Å². The highest BCUT2D eigenvalue weighted by Gasteiger charge is 2.51. The summed E-state index contributed by atoms with van der Waals surface area (Å²) in [5.41, 5.74) is -0.276. The summed E-state index contributed by atoms with van der Waals surface area (Å²) in [7, 11) is -10.5. The Morgan fingerprint density at radius 1 is 1.20 bits per heavy atom. The van der Waals surface area contributed by atoms with Crippen LogP contribution in [0.25, 0.3) is 0 Å². The van der Waals surface area contributed by atoms with Crippen LogP contribution in [-0.2, 0) is 30.9 Å². The minimum Gasteiger partial charge on any atom is -0.388 e. The summed E-state index contributed by atoms with van der Waals surface area (Å²) < 4.78 is 33.4. The fourth-order valence-electron chi connectivity index (χ4n) is 3.89. The fraction of sp³-hybridized carbons (Fsp3) is 0.474. The van der Waals surface area contributed by atoms with Crippen LogP contribution >= 0.6 is 15.6 Å². The highest BCUT2D eigenvalue weighted by molar-refractivity contribution is 7.60. The summed E-state index contributed by atoms with van der Waals surface area (Å²) in [6.45, 7) is 2.66. The highest BCUT2D eigenvalue weighted by atomic mass is 31.3.